The van der Waals surface area contributed by atoms with Gasteiger partial charge in [0.2, 0.25) is 5.91 Å². The summed E-state index contributed by atoms with van der Waals surface area (Å²) in [5.74, 6) is -0.605. The number of thiophene rings is 1. The predicted octanol–water partition coefficient (Wildman–Crippen LogP) is 5.11. The zero-order valence-corrected chi connectivity index (χ0v) is 16.1. The number of pyridine rings is 1. The van der Waals surface area contributed by atoms with Crippen LogP contribution in [0.5, 0.6) is 0 Å². The van der Waals surface area contributed by atoms with Crippen LogP contribution in [0.4, 0.5) is 4.39 Å². The van der Waals surface area contributed by atoms with Crippen molar-refractivity contribution >= 4 is 40.6 Å². The molecule has 0 fully saturated rings. The smallest absolute Gasteiger partial charge is 0.244 e. The van der Waals surface area contributed by atoms with Gasteiger partial charge in [-0.25, -0.2) is 9.37 Å². The maximum atomic E-state index is 13.3. The molecule has 4 rings (SSSR count). The van der Waals surface area contributed by atoms with E-state index in [1.807, 2.05) is 46.3 Å². The van der Waals surface area contributed by atoms with Gasteiger partial charge in [-0.15, -0.1) is 11.3 Å². The molecule has 7 heteroatoms. The molecule has 0 aliphatic carbocycles. The Morgan fingerprint density at radius 2 is 2.00 bits per heavy atom. The van der Waals surface area contributed by atoms with Gasteiger partial charge in [-0.1, -0.05) is 35.9 Å². The van der Waals surface area contributed by atoms with Gasteiger partial charge in [-0.05, 0) is 47.4 Å². The van der Waals surface area contributed by atoms with Crippen LogP contribution < -0.4 is 5.32 Å². The molecule has 140 valence electrons. The van der Waals surface area contributed by atoms with Gasteiger partial charge in [-0.2, -0.15) is 0 Å². The van der Waals surface area contributed by atoms with Gasteiger partial charge in [0.1, 0.15) is 11.5 Å². The Morgan fingerprint density at radius 1 is 1.18 bits per heavy atom. The number of imidazole rings is 1. The van der Waals surface area contributed by atoms with E-state index < -0.39 is 0 Å². The molecule has 0 saturated heterocycles. The first-order valence-electron chi connectivity index (χ1n) is 8.52. The predicted molar refractivity (Wildman–Crippen MR) is 110 cm³/mol. The van der Waals surface area contributed by atoms with Crippen LogP contribution in [0.1, 0.15) is 22.2 Å². The molecule has 0 saturated carbocycles. The van der Waals surface area contributed by atoms with Crippen LogP contribution in [-0.2, 0) is 4.79 Å². The van der Waals surface area contributed by atoms with E-state index in [-0.39, 0.29) is 17.8 Å². The maximum absolute atomic E-state index is 13.3. The fourth-order valence-electron chi connectivity index (χ4n) is 2.91. The lowest BCUT2D eigenvalue weighted by atomic mass is 10.1. The number of hydrogen-bond acceptors (Lipinski definition) is 3. The molecule has 4 nitrogen and oxygen atoms in total. The van der Waals surface area contributed by atoms with E-state index >= 15 is 0 Å². The number of rotatable bonds is 5. The Hall–Kier alpha value is -2.96. The summed E-state index contributed by atoms with van der Waals surface area (Å²) in [6.45, 7) is 0. The molecule has 1 aromatic carbocycles. The quantitative estimate of drug-likeness (QED) is 0.464. The first-order valence-corrected chi connectivity index (χ1v) is 9.77. The van der Waals surface area contributed by atoms with Gasteiger partial charge in [0.15, 0.2) is 5.15 Å². The lowest BCUT2D eigenvalue weighted by Gasteiger charge is -2.17. The van der Waals surface area contributed by atoms with E-state index in [0.717, 1.165) is 10.4 Å². The monoisotopic (exact) mass is 411 g/mol. The molecule has 0 aliphatic heterocycles. The second-order valence-electron chi connectivity index (χ2n) is 6.06. The van der Waals surface area contributed by atoms with E-state index in [0.29, 0.717) is 16.5 Å². The number of carbonyl (C=O) groups excluding carboxylic acids is 1. The first-order chi connectivity index (χ1) is 13.6. The molecule has 0 aliphatic rings. The van der Waals surface area contributed by atoms with Crippen molar-refractivity contribution in [2.24, 2.45) is 0 Å². The minimum atomic E-state index is -0.365. The molecule has 3 aromatic heterocycles. The van der Waals surface area contributed by atoms with Crippen LogP contribution in [0.25, 0.3) is 11.7 Å². The van der Waals surface area contributed by atoms with Gasteiger partial charge in [0.05, 0.1) is 11.7 Å². The van der Waals surface area contributed by atoms with Crippen molar-refractivity contribution in [3.05, 3.63) is 99.4 Å². The largest absolute Gasteiger partial charge is 0.341 e. The third-order valence-electron chi connectivity index (χ3n) is 4.23. The number of halogens is 2. The summed E-state index contributed by atoms with van der Waals surface area (Å²) >= 11 is 7.72. The van der Waals surface area contributed by atoms with E-state index in [2.05, 4.69) is 10.3 Å². The fourth-order valence-corrected chi connectivity index (χ4v) is 3.95. The third kappa shape index (κ3) is 3.83. The Bertz CT molecular complexity index is 1140. The van der Waals surface area contributed by atoms with Crippen molar-refractivity contribution in [2.75, 3.05) is 0 Å². The summed E-state index contributed by atoms with van der Waals surface area (Å²) in [5, 5.41) is 5.23. The highest BCUT2D eigenvalue weighted by molar-refractivity contribution is 7.10. The summed E-state index contributed by atoms with van der Waals surface area (Å²) in [4.78, 5) is 17.8. The van der Waals surface area contributed by atoms with Gasteiger partial charge >= 0.3 is 0 Å². The Kier molecular flexibility index (Phi) is 5.23. The van der Waals surface area contributed by atoms with Crippen molar-refractivity contribution in [1.29, 1.82) is 0 Å². The van der Waals surface area contributed by atoms with Gasteiger partial charge in [-0.3, -0.25) is 9.20 Å². The first kappa shape index (κ1) is 18.4. The topological polar surface area (TPSA) is 46.4 Å². The average Bonchev–Trinajstić information content (AvgIpc) is 3.33. The minimum absolute atomic E-state index is 0.287. The Morgan fingerprint density at radius 3 is 2.75 bits per heavy atom. The maximum Gasteiger partial charge on any atom is 0.244 e. The minimum Gasteiger partial charge on any atom is -0.341 e. The number of carbonyl (C=O) groups is 1. The number of benzene rings is 1. The molecule has 0 radical (unpaired) electrons. The van der Waals surface area contributed by atoms with Gasteiger partial charge in [0, 0.05) is 17.2 Å². The van der Waals surface area contributed by atoms with Crippen molar-refractivity contribution in [3.8, 4) is 0 Å². The van der Waals surface area contributed by atoms with E-state index in [9.17, 15) is 9.18 Å². The summed E-state index contributed by atoms with van der Waals surface area (Å²) < 4.78 is 15.1. The standard InChI is InChI=1S/C21H15ClFN3OS/c22-21-16(26-12-2-1-5-18(26)24-21)10-11-19(27)25-20(17-4-3-13-28-17)14-6-8-15(23)9-7-14/h1-13,20H,(H,25,27)/b11-10+. The Balaban J connectivity index is 1.58. The van der Waals surface area contributed by atoms with Crippen LogP contribution in [0, 0.1) is 5.82 Å². The molecule has 0 bridgehead atoms. The molecule has 1 N–H and O–H groups in total. The van der Waals surface area contributed by atoms with Crippen LogP contribution in [0.3, 0.4) is 0 Å². The van der Waals surface area contributed by atoms with Crippen molar-refractivity contribution in [2.45, 2.75) is 6.04 Å². The number of hydrogen-bond donors (Lipinski definition) is 1. The molecule has 28 heavy (non-hydrogen) atoms. The SMILES string of the molecule is O=C(/C=C/c1c(Cl)nc2ccccn12)NC(c1ccc(F)cc1)c1cccs1. The molecule has 4 aromatic rings. The lowest BCUT2D eigenvalue weighted by Crippen LogP contribution is -2.27. The summed E-state index contributed by atoms with van der Waals surface area (Å²) in [6, 6.07) is 15.2. The van der Waals surface area contributed by atoms with E-state index in [1.165, 1.54) is 29.5 Å². The number of nitrogens with zero attached hydrogens (tertiary/aromatic N) is 2. The van der Waals surface area contributed by atoms with Crippen molar-refractivity contribution in [1.82, 2.24) is 14.7 Å². The van der Waals surface area contributed by atoms with Crippen molar-refractivity contribution < 1.29 is 9.18 Å². The van der Waals surface area contributed by atoms with Crippen molar-refractivity contribution in [3.63, 3.8) is 0 Å². The molecule has 1 unspecified atom stereocenters. The lowest BCUT2D eigenvalue weighted by molar-refractivity contribution is -0.116. The Labute approximate surface area is 169 Å². The number of amides is 1. The summed E-state index contributed by atoms with van der Waals surface area (Å²) in [7, 11) is 0. The highest BCUT2D eigenvalue weighted by Crippen LogP contribution is 2.26. The van der Waals surface area contributed by atoms with Crippen LogP contribution >= 0.6 is 22.9 Å². The highest BCUT2D eigenvalue weighted by atomic mass is 35.5. The average molecular weight is 412 g/mol. The molecule has 1 amide bonds. The second-order valence-corrected chi connectivity index (χ2v) is 7.40. The molecular formula is C21H15ClFN3OS. The van der Waals surface area contributed by atoms with Crippen LogP contribution in [-0.4, -0.2) is 15.3 Å². The summed E-state index contributed by atoms with van der Waals surface area (Å²) in [6.07, 6.45) is 4.89. The third-order valence-corrected chi connectivity index (χ3v) is 5.45. The van der Waals surface area contributed by atoms with E-state index in [1.54, 1.807) is 18.2 Å². The number of fused-ring (bicyclic) bond motifs is 1. The van der Waals surface area contributed by atoms with Gasteiger partial charge in [0.25, 0.3) is 0 Å². The summed E-state index contributed by atoms with van der Waals surface area (Å²) in [5.41, 5.74) is 2.13. The second kappa shape index (κ2) is 7.96. The fraction of sp³-hybridized carbons (Fsp3) is 0.0476. The van der Waals surface area contributed by atoms with E-state index in [4.69, 9.17) is 11.6 Å². The van der Waals surface area contributed by atoms with Gasteiger partial charge < -0.3 is 5.32 Å². The molecule has 3 heterocycles. The highest BCUT2D eigenvalue weighted by Gasteiger charge is 2.17. The van der Waals surface area contributed by atoms with Crippen LogP contribution in [0.15, 0.2) is 72.3 Å². The zero-order valence-electron chi connectivity index (χ0n) is 14.5. The van der Waals surface area contributed by atoms with Crippen LogP contribution in [0.2, 0.25) is 5.15 Å². The number of nitrogens with one attached hydrogen (secondary N) is 1. The normalized spacial score (nSPS) is 12.5. The molecular weight excluding hydrogens is 397 g/mol. The zero-order chi connectivity index (χ0) is 19.5. The number of aromatic nitrogens is 2. The molecule has 1 atom stereocenters. The molecule has 0 spiro atoms.